The number of ether oxygens (including phenoxy) is 1. The highest BCUT2D eigenvalue weighted by molar-refractivity contribution is 7.92. The van der Waals surface area contributed by atoms with Crippen molar-refractivity contribution in [2.24, 2.45) is 0 Å². The van der Waals surface area contributed by atoms with E-state index < -0.39 is 16.1 Å². The number of aryl methyl sites for hydroxylation is 1. The van der Waals surface area contributed by atoms with Gasteiger partial charge >= 0.3 is 0 Å². The van der Waals surface area contributed by atoms with E-state index in [1.807, 2.05) is 38.1 Å². The Morgan fingerprint density at radius 2 is 1.97 bits per heavy atom. The molecule has 0 saturated heterocycles. The van der Waals surface area contributed by atoms with Gasteiger partial charge in [-0.2, -0.15) is 0 Å². The van der Waals surface area contributed by atoms with Crippen LogP contribution in [-0.4, -0.2) is 33.2 Å². The van der Waals surface area contributed by atoms with Crippen LogP contribution in [0.4, 0.5) is 5.69 Å². The lowest BCUT2D eigenvalue weighted by atomic mass is 10.0. The summed E-state index contributed by atoms with van der Waals surface area (Å²) in [5.74, 6) is 0.0505. The topological polar surface area (TPSA) is 75.7 Å². The lowest BCUT2D eigenvalue weighted by Crippen LogP contribution is -2.41. The smallest absolute Gasteiger partial charge is 0.261 e. The molecule has 0 unspecified atom stereocenters. The minimum Gasteiger partial charge on any atom is -0.478 e. The van der Waals surface area contributed by atoms with Crippen LogP contribution in [0.25, 0.3) is 0 Å². The summed E-state index contributed by atoms with van der Waals surface area (Å²) in [7, 11) is -3.54. The van der Waals surface area contributed by atoms with Crippen LogP contribution in [0, 0.1) is 6.92 Å². The summed E-state index contributed by atoms with van der Waals surface area (Å²) in [4.78, 5) is 13.0. The van der Waals surface area contributed by atoms with Gasteiger partial charge in [-0.05, 0) is 37.1 Å². The number of amides is 1. The summed E-state index contributed by atoms with van der Waals surface area (Å²) in [5.41, 5.74) is 2.52. The molecule has 2 aromatic rings. The normalized spacial score (nSPS) is 17.7. The van der Waals surface area contributed by atoms with Crippen LogP contribution in [-0.2, 0) is 14.8 Å². The number of sulfonamides is 1. The first-order valence-corrected chi connectivity index (χ1v) is 11.7. The minimum atomic E-state index is -3.54. The number of benzene rings is 2. The molecule has 0 radical (unpaired) electrons. The Labute approximate surface area is 176 Å². The van der Waals surface area contributed by atoms with Gasteiger partial charge in [0, 0.05) is 18.0 Å². The molecule has 0 aliphatic carbocycles. The molecule has 1 amide bonds. The standard InChI is InChI=1S/C21H25ClN2O4S/c1-4-17(15-7-5-14(2)6-8-15)23-21(25)20-11-12-24(29(3,26)27)18-13-16(22)9-10-19(18)28-20/h5-10,13,17,20H,4,11-12H2,1-3H3,(H,23,25)/t17-,20+/m1/s1. The molecule has 156 valence electrons. The summed E-state index contributed by atoms with van der Waals surface area (Å²) in [6.07, 6.45) is 1.28. The Bertz CT molecular complexity index is 992. The van der Waals surface area contributed by atoms with Gasteiger partial charge in [0.1, 0.15) is 5.75 Å². The van der Waals surface area contributed by atoms with Gasteiger partial charge in [-0.1, -0.05) is 48.4 Å². The molecule has 0 saturated carbocycles. The Balaban J connectivity index is 1.83. The summed E-state index contributed by atoms with van der Waals surface area (Å²) < 4.78 is 31.7. The molecule has 8 heteroatoms. The molecule has 1 N–H and O–H groups in total. The molecule has 1 heterocycles. The zero-order valence-corrected chi connectivity index (χ0v) is 18.3. The van der Waals surface area contributed by atoms with E-state index in [2.05, 4.69) is 5.32 Å². The predicted octanol–water partition coefficient (Wildman–Crippen LogP) is 3.83. The number of anilines is 1. The Hall–Kier alpha value is -2.25. The number of carbonyl (C=O) groups excluding carboxylic acids is 1. The quantitative estimate of drug-likeness (QED) is 0.772. The van der Waals surface area contributed by atoms with Crippen molar-refractivity contribution >= 4 is 33.2 Å². The monoisotopic (exact) mass is 436 g/mol. The number of nitrogens with zero attached hydrogens (tertiary/aromatic N) is 1. The van der Waals surface area contributed by atoms with Gasteiger partial charge in [-0.15, -0.1) is 0 Å². The largest absolute Gasteiger partial charge is 0.478 e. The number of fused-ring (bicyclic) bond motifs is 1. The molecule has 0 aromatic heterocycles. The molecule has 2 atom stereocenters. The van der Waals surface area contributed by atoms with Crippen LogP contribution in [0.3, 0.4) is 0 Å². The number of hydrogen-bond donors (Lipinski definition) is 1. The lowest BCUT2D eigenvalue weighted by molar-refractivity contribution is -0.128. The molecule has 2 aromatic carbocycles. The van der Waals surface area contributed by atoms with Gasteiger partial charge < -0.3 is 10.1 Å². The molecule has 0 fully saturated rings. The van der Waals surface area contributed by atoms with Gasteiger partial charge in [0.25, 0.3) is 5.91 Å². The zero-order valence-electron chi connectivity index (χ0n) is 16.7. The van der Waals surface area contributed by atoms with Crippen molar-refractivity contribution in [1.82, 2.24) is 5.32 Å². The summed E-state index contributed by atoms with van der Waals surface area (Å²) in [5, 5.41) is 3.44. The second-order valence-electron chi connectivity index (χ2n) is 7.22. The summed E-state index contributed by atoms with van der Waals surface area (Å²) in [6.45, 7) is 4.15. The molecular weight excluding hydrogens is 412 g/mol. The van der Waals surface area contributed by atoms with Crippen molar-refractivity contribution in [2.75, 3.05) is 17.1 Å². The summed E-state index contributed by atoms with van der Waals surface area (Å²) >= 11 is 6.05. The molecular formula is C21H25ClN2O4S. The van der Waals surface area contributed by atoms with Crippen molar-refractivity contribution in [3.63, 3.8) is 0 Å². The first-order chi connectivity index (χ1) is 13.7. The Morgan fingerprint density at radius 1 is 1.28 bits per heavy atom. The SMILES string of the molecule is CC[C@@H](NC(=O)[C@@H]1CCN(S(C)(=O)=O)c2cc(Cl)ccc2O1)c1ccc(C)cc1. The van der Waals surface area contributed by atoms with E-state index in [0.29, 0.717) is 16.5 Å². The van der Waals surface area contributed by atoms with E-state index in [-0.39, 0.29) is 24.9 Å². The number of hydrogen-bond acceptors (Lipinski definition) is 4. The molecule has 0 spiro atoms. The predicted molar refractivity (Wildman–Crippen MR) is 115 cm³/mol. The first-order valence-electron chi connectivity index (χ1n) is 9.50. The fourth-order valence-corrected chi connectivity index (χ4v) is 4.47. The van der Waals surface area contributed by atoms with Crippen LogP contribution >= 0.6 is 11.6 Å². The fraction of sp³-hybridized carbons (Fsp3) is 0.381. The van der Waals surface area contributed by atoms with E-state index in [9.17, 15) is 13.2 Å². The average Bonchev–Trinajstić information content (AvgIpc) is 2.86. The van der Waals surface area contributed by atoms with E-state index >= 15 is 0 Å². The maximum absolute atomic E-state index is 13.0. The number of halogens is 1. The zero-order chi connectivity index (χ0) is 21.2. The molecule has 1 aliphatic heterocycles. The number of rotatable bonds is 5. The number of carbonyl (C=O) groups is 1. The highest BCUT2D eigenvalue weighted by Crippen LogP contribution is 2.36. The van der Waals surface area contributed by atoms with Gasteiger partial charge in [0.2, 0.25) is 10.0 Å². The van der Waals surface area contributed by atoms with Gasteiger partial charge in [0.05, 0.1) is 18.0 Å². The molecule has 6 nitrogen and oxygen atoms in total. The maximum Gasteiger partial charge on any atom is 0.261 e. The average molecular weight is 437 g/mol. The van der Waals surface area contributed by atoms with Crippen molar-refractivity contribution in [2.45, 2.75) is 38.8 Å². The highest BCUT2D eigenvalue weighted by Gasteiger charge is 2.32. The lowest BCUT2D eigenvalue weighted by Gasteiger charge is -2.22. The second kappa shape index (κ2) is 8.63. The van der Waals surface area contributed by atoms with Gasteiger partial charge in [-0.3, -0.25) is 9.10 Å². The Morgan fingerprint density at radius 3 is 2.59 bits per heavy atom. The van der Waals surface area contributed by atoms with Gasteiger partial charge in [-0.25, -0.2) is 8.42 Å². The minimum absolute atomic E-state index is 0.131. The van der Waals surface area contributed by atoms with Crippen molar-refractivity contribution < 1.29 is 17.9 Å². The third-order valence-electron chi connectivity index (χ3n) is 4.95. The van der Waals surface area contributed by atoms with E-state index in [0.717, 1.165) is 23.8 Å². The van der Waals surface area contributed by atoms with Gasteiger partial charge in [0.15, 0.2) is 6.10 Å². The van der Waals surface area contributed by atoms with Crippen LogP contribution in [0.1, 0.15) is 36.9 Å². The molecule has 1 aliphatic rings. The summed E-state index contributed by atoms with van der Waals surface area (Å²) in [6, 6.07) is 12.6. The highest BCUT2D eigenvalue weighted by atomic mass is 35.5. The van der Waals surface area contributed by atoms with Crippen molar-refractivity contribution in [3.05, 3.63) is 58.6 Å². The second-order valence-corrected chi connectivity index (χ2v) is 9.57. The van der Waals surface area contributed by atoms with E-state index in [1.165, 1.54) is 4.31 Å². The third-order valence-corrected chi connectivity index (χ3v) is 6.37. The molecule has 29 heavy (non-hydrogen) atoms. The maximum atomic E-state index is 13.0. The third kappa shape index (κ3) is 5.03. The molecule has 0 bridgehead atoms. The van der Waals surface area contributed by atoms with E-state index in [4.69, 9.17) is 16.3 Å². The molecule has 3 rings (SSSR count). The van der Waals surface area contributed by atoms with Crippen molar-refractivity contribution in [1.29, 1.82) is 0 Å². The Kier molecular flexibility index (Phi) is 6.39. The number of nitrogens with one attached hydrogen (secondary N) is 1. The van der Waals surface area contributed by atoms with Crippen LogP contribution < -0.4 is 14.4 Å². The van der Waals surface area contributed by atoms with Crippen LogP contribution in [0.5, 0.6) is 5.75 Å². The van der Waals surface area contributed by atoms with Crippen molar-refractivity contribution in [3.8, 4) is 5.75 Å². The first kappa shape index (κ1) is 21.5. The fourth-order valence-electron chi connectivity index (χ4n) is 3.37. The van der Waals surface area contributed by atoms with Crippen LogP contribution in [0.15, 0.2) is 42.5 Å². The van der Waals surface area contributed by atoms with Crippen LogP contribution in [0.2, 0.25) is 5.02 Å². The van der Waals surface area contributed by atoms with E-state index in [1.54, 1.807) is 18.2 Å².